The van der Waals surface area contributed by atoms with Crippen LogP contribution in [0.2, 0.25) is 0 Å². The molecule has 27 heavy (non-hydrogen) atoms. The molecule has 5 aliphatic rings. The molecule has 0 radical (unpaired) electrons. The Hall–Kier alpha value is -1.43. The molecular weight excluding hydrogens is 338 g/mol. The van der Waals surface area contributed by atoms with Crippen molar-refractivity contribution in [2.24, 2.45) is 17.8 Å². The molecule has 2 aliphatic carbocycles. The molecule has 5 fully saturated rings. The van der Waals surface area contributed by atoms with E-state index in [1.807, 2.05) is 0 Å². The number of aromatic nitrogens is 3. The molecule has 148 valence electrons. The molecular formula is C21H33N5O. The lowest BCUT2D eigenvalue weighted by molar-refractivity contribution is -0.133. The van der Waals surface area contributed by atoms with E-state index in [0.29, 0.717) is 23.9 Å². The van der Waals surface area contributed by atoms with Gasteiger partial charge in [-0.3, -0.25) is 14.4 Å². The van der Waals surface area contributed by atoms with E-state index >= 15 is 0 Å². The van der Waals surface area contributed by atoms with Crippen molar-refractivity contribution in [3.05, 3.63) is 11.9 Å². The maximum atomic E-state index is 12.5. The zero-order chi connectivity index (χ0) is 18.2. The number of rotatable bonds is 6. The number of nitrogens with zero attached hydrogens (tertiary/aromatic N) is 4. The quantitative estimate of drug-likeness (QED) is 0.834. The molecule has 3 aliphatic heterocycles. The summed E-state index contributed by atoms with van der Waals surface area (Å²) in [6.45, 7) is 2.98. The van der Waals surface area contributed by atoms with Crippen LogP contribution in [0.4, 0.5) is 0 Å². The van der Waals surface area contributed by atoms with E-state index in [1.54, 1.807) is 0 Å². The number of hydrogen-bond acceptors (Lipinski definition) is 4. The van der Waals surface area contributed by atoms with Crippen LogP contribution >= 0.6 is 0 Å². The van der Waals surface area contributed by atoms with Crippen molar-refractivity contribution >= 4 is 5.91 Å². The van der Waals surface area contributed by atoms with Gasteiger partial charge in [-0.25, -0.2) is 0 Å². The van der Waals surface area contributed by atoms with Crippen molar-refractivity contribution in [2.45, 2.75) is 82.8 Å². The van der Waals surface area contributed by atoms with Gasteiger partial charge in [0.15, 0.2) is 0 Å². The predicted molar refractivity (Wildman–Crippen MR) is 103 cm³/mol. The standard InChI is InChI=1S/C21H33N5O/c27-21(22-17-6-7-17)20-14-25-9-8-16(20)11-19(25)13-26-12-18(23-24-26)10-15-4-2-1-3-5-15/h12,15-17,19-20H,1-11,13-14H2,(H,22,27)/t16?,19-,20+/m1/s1. The van der Waals surface area contributed by atoms with E-state index in [0.717, 1.165) is 38.4 Å². The molecule has 6 heteroatoms. The van der Waals surface area contributed by atoms with Gasteiger partial charge in [-0.2, -0.15) is 0 Å². The van der Waals surface area contributed by atoms with Gasteiger partial charge in [0, 0.05) is 24.8 Å². The number of nitrogens with one attached hydrogen (secondary N) is 1. The maximum Gasteiger partial charge on any atom is 0.224 e. The molecule has 1 amide bonds. The minimum Gasteiger partial charge on any atom is -0.353 e. The minimum absolute atomic E-state index is 0.202. The lowest BCUT2D eigenvalue weighted by Gasteiger charge is -2.49. The lowest BCUT2D eigenvalue weighted by Crippen LogP contribution is -2.58. The summed E-state index contributed by atoms with van der Waals surface area (Å²) in [5, 5.41) is 12.1. The molecule has 0 aromatic carbocycles. The van der Waals surface area contributed by atoms with Crippen molar-refractivity contribution in [2.75, 3.05) is 13.1 Å². The third-order valence-electron chi connectivity index (χ3n) is 7.35. The van der Waals surface area contributed by atoms with Crippen LogP contribution < -0.4 is 5.32 Å². The first-order valence-corrected chi connectivity index (χ1v) is 11.2. The van der Waals surface area contributed by atoms with Crippen molar-refractivity contribution in [1.29, 1.82) is 0 Å². The Bertz CT molecular complexity index is 663. The number of carbonyl (C=O) groups is 1. The van der Waals surface area contributed by atoms with Gasteiger partial charge in [0.2, 0.25) is 5.91 Å². The van der Waals surface area contributed by atoms with E-state index in [1.165, 1.54) is 57.1 Å². The van der Waals surface area contributed by atoms with Crippen LogP contribution in [0.1, 0.15) is 63.5 Å². The maximum absolute atomic E-state index is 12.5. The molecule has 0 spiro atoms. The van der Waals surface area contributed by atoms with Crippen LogP contribution in [0.5, 0.6) is 0 Å². The van der Waals surface area contributed by atoms with Crippen LogP contribution in [-0.2, 0) is 17.8 Å². The fourth-order valence-electron chi connectivity index (χ4n) is 5.59. The van der Waals surface area contributed by atoms with Crippen LogP contribution in [0.25, 0.3) is 0 Å². The van der Waals surface area contributed by atoms with Gasteiger partial charge in [0.05, 0.1) is 18.2 Å². The second-order valence-electron chi connectivity index (χ2n) is 9.46. The highest BCUT2D eigenvalue weighted by Crippen LogP contribution is 2.37. The Morgan fingerprint density at radius 1 is 1.15 bits per heavy atom. The van der Waals surface area contributed by atoms with Gasteiger partial charge < -0.3 is 5.32 Å². The Kier molecular flexibility index (Phi) is 4.92. The minimum atomic E-state index is 0.202. The molecule has 1 aromatic heterocycles. The third kappa shape index (κ3) is 4.05. The molecule has 1 aromatic rings. The summed E-state index contributed by atoms with van der Waals surface area (Å²) >= 11 is 0. The predicted octanol–water partition coefficient (Wildman–Crippen LogP) is 2.39. The molecule has 1 N–H and O–H groups in total. The van der Waals surface area contributed by atoms with Crippen LogP contribution in [-0.4, -0.2) is 51.0 Å². The summed E-state index contributed by atoms with van der Waals surface area (Å²) in [5.74, 6) is 1.86. The van der Waals surface area contributed by atoms with Gasteiger partial charge in [-0.15, -0.1) is 5.10 Å². The second kappa shape index (κ2) is 7.53. The van der Waals surface area contributed by atoms with Crippen molar-refractivity contribution < 1.29 is 4.79 Å². The lowest BCUT2D eigenvalue weighted by atomic mass is 9.75. The molecule has 2 unspecified atom stereocenters. The molecule has 2 bridgehead atoms. The van der Waals surface area contributed by atoms with Crippen molar-refractivity contribution in [1.82, 2.24) is 25.2 Å². The van der Waals surface area contributed by atoms with E-state index in [-0.39, 0.29) is 5.92 Å². The summed E-state index contributed by atoms with van der Waals surface area (Å²) < 4.78 is 2.06. The van der Waals surface area contributed by atoms with E-state index in [9.17, 15) is 4.79 Å². The molecule has 4 atom stereocenters. The zero-order valence-electron chi connectivity index (χ0n) is 16.4. The van der Waals surface area contributed by atoms with E-state index in [2.05, 4.69) is 31.4 Å². The Morgan fingerprint density at radius 2 is 2.00 bits per heavy atom. The van der Waals surface area contributed by atoms with Gasteiger partial charge in [-0.1, -0.05) is 37.3 Å². The summed E-state index contributed by atoms with van der Waals surface area (Å²) in [7, 11) is 0. The number of piperidine rings is 3. The van der Waals surface area contributed by atoms with Crippen LogP contribution in [0.15, 0.2) is 6.20 Å². The number of fused-ring (bicyclic) bond motifs is 3. The third-order valence-corrected chi connectivity index (χ3v) is 7.35. The van der Waals surface area contributed by atoms with Crippen molar-refractivity contribution in [3.8, 4) is 0 Å². The zero-order valence-corrected chi connectivity index (χ0v) is 16.4. The Morgan fingerprint density at radius 3 is 2.74 bits per heavy atom. The van der Waals surface area contributed by atoms with Gasteiger partial charge in [0.1, 0.15) is 0 Å². The van der Waals surface area contributed by atoms with Crippen LogP contribution in [0.3, 0.4) is 0 Å². The number of carbonyl (C=O) groups excluding carboxylic acids is 1. The SMILES string of the molecule is O=C(NC1CC1)[C@H]1CN2CCC1C[C@@H]2Cn1cc(CC2CCCCC2)nn1. The number of hydrogen-bond donors (Lipinski definition) is 1. The first-order valence-electron chi connectivity index (χ1n) is 11.2. The molecule has 6 nitrogen and oxygen atoms in total. The van der Waals surface area contributed by atoms with Gasteiger partial charge in [0.25, 0.3) is 0 Å². The summed E-state index contributed by atoms with van der Waals surface area (Å²) in [4.78, 5) is 15.1. The fraction of sp³-hybridized carbons (Fsp3) is 0.857. The normalized spacial score (nSPS) is 33.9. The summed E-state index contributed by atoms with van der Waals surface area (Å²) in [6, 6.07) is 0.986. The molecule has 2 saturated carbocycles. The molecule has 4 heterocycles. The first kappa shape index (κ1) is 17.7. The largest absolute Gasteiger partial charge is 0.353 e. The highest BCUT2D eigenvalue weighted by molar-refractivity contribution is 5.80. The first-order chi connectivity index (χ1) is 13.2. The highest BCUT2D eigenvalue weighted by atomic mass is 16.2. The van der Waals surface area contributed by atoms with E-state index in [4.69, 9.17) is 0 Å². The fourth-order valence-corrected chi connectivity index (χ4v) is 5.59. The van der Waals surface area contributed by atoms with E-state index < -0.39 is 0 Å². The average Bonchev–Trinajstić information content (AvgIpc) is 3.41. The van der Waals surface area contributed by atoms with Crippen molar-refractivity contribution in [3.63, 3.8) is 0 Å². The Balaban J connectivity index is 1.16. The summed E-state index contributed by atoms with van der Waals surface area (Å²) in [5.41, 5.74) is 1.17. The van der Waals surface area contributed by atoms with Gasteiger partial charge >= 0.3 is 0 Å². The monoisotopic (exact) mass is 371 g/mol. The average molecular weight is 372 g/mol. The Labute approximate surface area is 162 Å². The van der Waals surface area contributed by atoms with Gasteiger partial charge in [-0.05, 0) is 50.5 Å². The van der Waals surface area contributed by atoms with Crippen LogP contribution in [0, 0.1) is 17.8 Å². The second-order valence-corrected chi connectivity index (χ2v) is 9.46. The number of amides is 1. The smallest absolute Gasteiger partial charge is 0.224 e. The molecule has 3 saturated heterocycles. The highest BCUT2D eigenvalue weighted by Gasteiger charge is 2.44. The summed E-state index contributed by atoms with van der Waals surface area (Å²) in [6.07, 6.45) is 14.8. The topological polar surface area (TPSA) is 63.1 Å². The molecule has 6 rings (SSSR count).